The van der Waals surface area contributed by atoms with Gasteiger partial charge in [-0.1, -0.05) is 45.8 Å². The molecule has 3 heteroatoms. The summed E-state index contributed by atoms with van der Waals surface area (Å²) < 4.78 is 1.03. The van der Waals surface area contributed by atoms with Gasteiger partial charge in [0.25, 0.3) is 5.91 Å². The van der Waals surface area contributed by atoms with Gasteiger partial charge in [-0.05, 0) is 49.6 Å². The molecule has 2 aromatic rings. The molecule has 0 saturated heterocycles. The number of aryl methyl sites for hydroxylation is 3. The Morgan fingerprint density at radius 3 is 2.29 bits per heavy atom. The van der Waals surface area contributed by atoms with Crippen molar-refractivity contribution in [2.75, 3.05) is 7.05 Å². The minimum absolute atomic E-state index is 0.0741. The number of halogens is 1. The van der Waals surface area contributed by atoms with Crippen LogP contribution in [0, 0.1) is 20.8 Å². The molecule has 0 fully saturated rings. The lowest BCUT2D eigenvalue weighted by Crippen LogP contribution is -2.27. The van der Waals surface area contributed by atoms with E-state index >= 15 is 0 Å². The summed E-state index contributed by atoms with van der Waals surface area (Å²) >= 11 is 3.46. The molecule has 21 heavy (non-hydrogen) atoms. The van der Waals surface area contributed by atoms with E-state index in [1.165, 1.54) is 5.56 Å². The summed E-state index contributed by atoms with van der Waals surface area (Å²) in [6.45, 7) is 6.66. The molecule has 0 spiro atoms. The maximum absolute atomic E-state index is 12.7. The lowest BCUT2D eigenvalue weighted by atomic mass is 9.98. The van der Waals surface area contributed by atoms with Crippen LogP contribution >= 0.6 is 15.9 Å². The predicted molar refractivity (Wildman–Crippen MR) is 90.6 cm³/mol. The van der Waals surface area contributed by atoms with E-state index in [1.54, 1.807) is 4.90 Å². The molecule has 0 unspecified atom stereocenters. The average Bonchev–Trinajstić information content (AvgIpc) is 2.37. The Hall–Kier alpha value is -1.61. The van der Waals surface area contributed by atoms with E-state index in [0.717, 1.165) is 26.7 Å². The number of hydrogen-bond donors (Lipinski definition) is 0. The van der Waals surface area contributed by atoms with Crippen molar-refractivity contribution in [2.45, 2.75) is 27.3 Å². The van der Waals surface area contributed by atoms with E-state index in [1.807, 2.05) is 45.2 Å². The molecule has 0 aliphatic rings. The molecule has 2 aromatic carbocycles. The quantitative estimate of drug-likeness (QED) is 0.792. The molecule has 0 bridgehead atoms. The minimum Gasteiger partial charge on any atom is -0.337 e. The Bertz CT molecular complexity index is 656. The molecule has 2 rings (SSSR count). The number of carbonyl (C=O) groups excluding carboxylic acids is 1. The summed E-state index contributed by atoms with van der Waals surface area (Å²) in [5.41, 5.74) is 5.20. The van der Waals surface area contributed by atoms with Crippen LogP contribution in [0.3, 0.4) is 0 Å². The van der Waals surface area contributed by atoms with E-state index in [2.05, 4.69) is 35.0 Å². The number of nitrogens with zero attached hydrogens (tertiary/aromatic N) is 1. The molecular formula is C18H20BrNO. The molecule has 0 aromatic heterocycles. The van der Waals surface area contributed by atoms with E-state index < -0.39 is 0 Å². The fraction of sp³-hybridized carbons (Fsp3) is 0.278. The molecule has 0 radical (unpaired) electrons. The number of hydrogen-bond acceptors (Lipinski definition) is 1. The van der Waals surface area contributed by atoms with Gasteiger partial charge in [0.1, 0.15) is 0 Å². The topological polar surface area (TPSA) is 20.3 Å². The van der Waals surface area contributed by atoms with Gasteiger partial charge in [0, 0.05) is 23.6 Å². The van der Waals surface area contributed by atoms with Crippen molar-refractivity contribution in [3.8, 4) is 0 Å². The smallest absolute Gasteiger partial charge is 0.254 e. The minimum atomic E-state index is 0.0741. The molecular weight excluding hydrogens is 326 g/mol. The summed E-state index contributed by atoms with van der Waals surface area (Å²) in [5.74, 6) is 0.0741. The van der Waals surface area contributed by atoms with Gasteiger partial charge in [0.2, 0.25) is 0 Å². The fourth-order valence-electron chi connectivity index (χ4n) is 2.69. The monoisotopic (exact) mass is 345 g/mol. The van der Waals surface area contributed by atoms with Crippen LogP contribution in [0.1, 0.15) is 32.6 Å². The standard InChI is InChI=1S/C18H20BrNO/c1-12-8-13(2)17(14(3)9-12)18(21)20(4)11-15-6-5-7-16(19)10-15/h5-10H,11H2,1-4H3. The Kier molecular flexibility index (Phi) is 4.84. The van der Waals surface area contributed by atoms with Crippen LogP contribution in [-0.2, 0) is 6.54 Å². The van der Waals surface area contributed by atoms with Crippen LogP contribution < -0.4 is 0 Å². The first-order chi connectivity index (χ1) is 9.88. The molecule has 2 nitrogen and oxygen atoms in total. The highest BCUT2D eigenvalue weighted by atomic mass is 79.9. The highest BCUT2D eigenvalue weighted by Gasteiger charge is 2.17. The van der Waals surface area contributed by atoms with E-state index in [0.29, 0.717) is 6.54 Å². The van der Waals surface area contributed by atoms with E-state index in [-0.39, 0.29) is 5.91 Å². The molecule has 0 saturated carbocycles. The SMILES string of the molecule is Cc1cc(C)c(C(=O)N(C)Cc2cccc(Br)c2)c(C)c1. The molecule has 0 N–H and O–H groups in total. The Labute approximate surface area is 134 Å². The zero-order valence-corrected chi connectivity index (χ0v) is 14.5. The van der Waals surface area contributed by atoms with Crippen LogP contribution in [0.15, 0.2) is 40.9 Å². The van der Waals surface area contributed by atoms with Gasteiger partial charge >= 0.3 is 0 Å². The summed E-state index contributed by atoms with van der Waals surface area (Å²) in [4.78, 5) is 14.5. The zero-order chi connectivity index (χ0) is 15.6. The van der Waals surface area contributed by atoms with Crippen LogP contribution in [0.4, 0.5) is 0 Å². The number of rotatable bonds is 3. The van der Waals surface area contributed by atoms with Gasteiger partial charge in [-0.15, -0.1) is 0 Å². The van der Waals surface area contributed by atoms with Crippen molar-refractivity contribution < 1.29 is 4.79 Å². The predicted octanol–water partition coefficient (Wildman–Crippen LogP) is 4.65. The summed E-state index contributed by atoms with van der Waals surface area (Å²) in [6, 6.07) is 12.2. The van der Waals surface area contributed by atoms with Gasteiger partial charge in [-0.3, -0.25) is 4.79 Å². The van der Waals surface area contributed by atoms with Crippen LogP contribution in [-0.4, -0.2) is 17.9 Å². The van der Waals surface area contributed by atoms with Crippen molar-refractivity contribution in [3.05, 3.63) is 68.7 Å². The van der Waals surface area contributed by atoms with Crippen LogP contribution in [0.2, 0.25) is 0 Å². The van der Waals surface area contributed by atoms with E-state index in [4.69, 9.17) is 0 Å². The Morgan fingerprint density at radius 1 is 1.10 bits per heavy atom. The summed E-state index contributed by atoms with van der Waals surface area (Å²) in [7, 11) is 1.85. The molecule has 0 aliphatic heterocycles. The summed E-state index contributed by atoms with van der Waals surface area (Å²) in [5, 5.41) is 0. The van der Waals surface area contributed by atoms with Crippen molar-refractivity contribution in [2.24, 2.45) is 0 Å². The maximum atomic E-state index is 12.7. The zero-order valence-electron chi connectivity index (χ0n) is 12.9. The third-order valence-corrected chi connectivity index (χ3v) is 4.04. The first-order valence-electron chi connectivity index (χ1n) is 6.96. The largest absolute Gasteiger partial charge is 0.337 e. The van der Waals surface area contributed by atoms with Gasteiger partial charge in [-0.2, -0.15) is 0 Å². The van der Waals surface area contributed by atoms with Gasteiger partial charge in [0.15, 0.2) is 0 Å². The second-order valence-corrected chi connectivity index (χ2v) is 6.48. The first-order valence-corrected chi connectivity index (χ1v) is 7.75. The molecule has 110 valence electrons. The number of carbonyl (C=O) groups is 1. The van der Waals surface area contributed by atoms with Gasteiger partial charge in [-0.25, -0.2) is 0 Å². The summed E-state index contributed by atoms with van der Waals surface area (Å²) in [6.07, 6.45) is 0. The van der Waals surface area contributed by atoms with Crippen molar-refractivity contribution in [1.82, 2.24) is 4.90 Å². The average molecular weight is 346 g/mol. The molecule has 0 atom stereocenters. The highest BCUT2D eigenvalue weighted by Crippen LogP contribution is 2.19. The number of amides is 1. The molecule has 0 heterocycles. The second-order valence-electron chi connectivity index (χ2n) is 5.56. The Morgan fingerprint density at radius 2 is 1.71 bits per heavy atom. The second kappa shape index (κ2) is 6.44. The van der Waals surface area contributed by atoms with Crippen LogP contribution in [0.5, 0.6) is 0 Å². The molecule has 1 amide bonds. The first kappa shape index (κ1) is 15.8. The Balaban J connectivity index is 2.24. The van der Waals surface area contributed by atoms with Crippen molar-refractivity contribution >= 4 is 21.8 Å². The molecule has 0 aliphatic carbocycles. The number of benzene rings is 2. The van der Waals surface area contributed by atoms with E-state index in [9.17, 15) is 4.79 Å². The third kappa shape index (κ3) is 3.73. The normalized spacial score (nSPS) is 10.5. The lowest BCUT2D eigenvalue weighted by Gasteiger charge is -2.20. The third-order valence-electron chi connectivity index (χ3n) is 3.55. The maximum Gasteiger partial charge on any atom is 0.254 e. The van der Waals surface area contributed by atoms with Crippen LogP contribution in [0.25, 0.3) is 0 Å². The van der Waals surface area contributed by atoms with Gasteiger partial charge in [0.05, 0.1) is 0 Å². The van der Waals surface area contributed by atoms with Crippen molar-refractivity contribution in [3.63, 3.8) is 0 Å². The van der Waals surface area contributed by atoms with Crippen molar-refractivity contribution in [1.29, 1.82) is 0 Å². The fourth-order valence-corrected chi connectivity index (χ4v) is 3.14. The van der Waals surface area contributed by atoms with Gasteiger partial charge < -0.3 is 4.90 Å². The lowest BCUT2D eigenvalue weighted by molar-refractivity contribution is 0.0783. The highest BCUT2D eigenvalue weighted by molar-refractivity contribution is 9.10.